The molecule has 0 saturated carbocycles. The Morgan fingerprint density at radius 1 is 1.04 bits per heavy atom. The molecule has 1 N–H and O–H groups in total. The molecule has 4 heteroatoms. The van der Waals surface area contributed by atoms with Crippen molar-refractivity contribution in [3.63, 3.8) is 0 Å². The van der Waals surface area contributed by atoms with Crippen LogP contribution in [0.1, 0.15) is 36.7 Å². The number of methoxy groups -OCH3 is 1. The third-order valence-electron chi connectivity index (χ3n) is 4.21. The van der Waals surface area contributed by atoms with Crippen LogP contribution in [0.15, 0.2) is 54.7 Å². The van der Waals surface area contributed by atoms with Crippen molar-refractivity contribution >= 4 is 22.5 Å². The van der Waals surface area contributed by atoms with Gasteiger partial charge in [-0.2, -0.15) is 0 Å². The summed E-state index contributed by atoms with van der Waals surface area (Å²) in [6.07, 6.45) is 1.69. The van der Waals surface area contributed by atoms with E-state index in [1.54, 1.807) is 19.4 Å². The number of hydrogen-bond acceptors (Lipinski definition) is 3. The fraction of sp³-hybridized carbons (Fsp3) is 0.238. The number of carbonyl (C=O) groups excluding carboxylic acids is 1. The number of nitrogens with zero attached hydrogens (tertiary/aromatic N) is 1. The van der Waals surface area contributed by atoms with Gasteiger partial charge < -0.3 is 10.1 Å². The van der Waals surface area contributed by atoms with Gasteiger partial charge in [0.25, 0.3) is 5.91 Å². The number of benzene rings is 2. The quantitative estimate of drug-likeness (QED) is 0.749. The van der Waals surface area contributed by atoms with E-state index in [4.69, 9.17) is 4.74 Å². The number of rotatable bonds is 3. The summed E-state index contributed by atoms with van der Waals surface area (Å²) in [5, 5.41) is 3.82. The van der Waals surface area contributed by atoms with Crippen molar-refractivity contribution in [2.75, 3.05) is 12.4 Å². The van der Waals surface area contributed by atoms with E-state index in [-0.39, 0.29) is 11.3 Å². The van der Waals surface area contributed by atoms with Crippen LogP contribution in [-0.2, 0) is 5.41 Å². The molecule has 25 heavy (non-hydrogen) atoms. The zero-order valence-corrected chi connectivity index (χ0v) is 15.0. The number of carbonyl (C=O) groups is 1. The Kier molecular flexibility index (Phi) is 4.45. The van der Waals surface area contributed by atoms with Gasteiger partial charge in [0.1, 0.15) is 5.75 Å². The van der Waals surface area contributed by atoms with Crippen LogP contribution in [-0.4, -0.2) is 18.0 Å². The van der Waals surface area contributed by atoms with Crippen LogP contribution in [0.2, 0.25) is 0 Å². The number of pyridine rings is 1. The highest BCUT2D eigenvalue weighted by Gasteiger charge is 2.15. The summed E-state index contributed by atoms with van der Waals surface area (Å²) < 4.78 is 5.27. The molecular weight excluding hydrogens is 312 g/mol. The van der Waals surface area contributed by atoms with Crippen LogP contribution in [0.4, 0.5) is 5.69 Å². The number of nitrogens with one attached hydrogen (secondary N) is 1. The molecule has 3 rings (SSSR count). The van der Waals surface area contributed by atoms with E-state index in [1.165, 1.54) is 5.56 Å². The van der Waals surface area contributed by atoms with Gasteiger partial charge in [-0.15, -0.1) is 0 Å². The molecule has 0 atom stereocenters. The fourth-order valence-corrected chi connectivity index (χ4v) is 2.68. The molecule has 0 spiro atoms. The molecule has 0 radical (unpaired) electrons. The van der Waals surface area contributed by atoms with Gasteiger partial charge in [0.15, 0.2) is 0 Å². The second-order valence-corrected chi connectivity index (χ2v) is 7.02. The minimum absolute atomic E-state index is 0.0624. The molecule has 1 aromatic heterocycles. The lowest BCUT2D eigenvalue weighted by atomic mass is 9.87. The lowest BCUT2D eigenvalue weighted by molar-refractivity contribution is 0.102. The number of fused-ring (bicyclic) bond motifs is 1. The van der Waals surface area contributed by atoms with E-state index in [9.17, 15) is 4.79 Å². The maximum absolute atomic E-state index is 12.6. The minimum atomic E-state index is -0.143. The Morgan fingerprint density at radius 3 is 2.40 bits per heavy atom. The first kappa shape index (κ1) is 17.0. The van der Waals surface area contributed by atoms with Gasteiger partial charge in [0, 0.05) is 17.1 Å². The average Bonchev–Trinajstić information content (AvgIpc) is 2.61. The van der Waals surface area contributed by atoms with Crippen LogP contribution in [0.25, 0.3) is 10.9 Å². The highest BCUT2D eigenvalue weighted by molar-refractivity contribution is 6.08. The van der Waals surface area contributed by atoms with Gasteiger partial charge in [-0.25, -0.2) is 0 Å². The first-order chi connectivity index (χ1) is 11.9. The molecule has 1 heterocycles. The number of anilines is 1. The summed E-state index contributed by atoms with van der Waals surface area (Å²) in [6.45, 7) is 6.45. The van der Waals surface area contributed by atoms with E-state index in [0.29, 0.717) is 11.3 Å². The summed E-state index contributed by atoms with van der Waals surface area (Å²) in [4.78, 5) is 16.9. The van der Waals surface area contributed by atoms with Crippen molar-refractivity contribution in [1.82, 2.24) is 4.98 Å². The lowest BCUT2D eigenvalue weighted by Crippen LogP contribution is -2.14. The predicted octanol–water partition coefficient (Wildman–Crippen LogP) is 4.79. The largest absolute Gasteiger partial charge is 0.497 e. The van der Waals surface area contributed by atoms with Crippen molar-refractivity contribution in [2.45, 2.75) is 26.2 Å². The van der Waals surface area contributed by atoms with Gasteiger partial charge in [0.05, 0.1) is 18.3 Å². The molecule has 0 unspecified atom stereocenters. The summed E-state index contributed by atoms with van der Waals surface area (Å²) in [7, 11) is 1.62. The summed E-state index contributed by atoms with van der Waals surface area (Å²) >= 11 is 0. The van der Waals surface area contributed by atoms with Crippen molar-refractivity contribution < 1.29 is 9.53 Å². The maximum Gasteiger partial charge on any atom is 0.255 e. The normalized spacial score (nSPS) is 11.4. The van der Waals surface area contributed by atoms with Crippen molar-refractivity contribution in [3.05, 3.63) is 65.9 Å². The number of amides is 1. The third kappa shape index (κ3) is 3.63. The van der Waals surface area contributed by atoms with Crippen molar-refractivity contribution in [1.29, 1.82) is 0 Å². The van der Waals surface area contributed by atoms with E-state index in [1.807, 2.05) is 42.5 Å². The molecular formula is C21H22N2O2. The van der Waals surface area contributed by atoms with Gasteiger partial charge >= 0.3 is 0 Å². The van der Waals surface area contributed by atoms with Gasteiger partial charge in [-0.3, -0.25) is 9.78 Å². The molecule has 0 aliphatic heterocycles. The predicted molar refractivity (Wildman–Crippen MR) is 101 cm³/mol. The molecule has 3 aromatic rings. The molecule has 0 bridgehead atoms. The highest BCUT2D eigenvalue weighted by Crippen LogP contribution is 2.27. The molecule has 0 aliphatic rings. The maximum atomic E-state index is 12.6. The van der Waals surface area contributed by atoms with E-state index >= 15 is 0 Å². The van der Waals surface area contributed by atoms with Crippen LogP contribution in [0, 0.1) is 0 Å². The molecule has 1 amide bonds. The van der Waals surface area contributed by atoms with Crippen molar-refractivity contribution in [3.8, 4) is 5.75 Å². The Morgan fingerprint density at radius 2 is 1.76 bits per heavy atom. The minimum Gasteiger partial charge on any atom is -0.497 e. The molecule has 0 saturated heterocycles. The molecule has 0 fully saturated rings. The molecule has 4 nitrogen and oxygen atoms in total. The van der Waals surface area contributed by atoms with E-state index in [2.05, 4.69) is 31.1 Å². The first-order valence-electron chi connectivity index (χ1n) is 8.23. The lowest BCUT2D eigenvalue weighted by Gasteiger charge is -2.19. The van der Waals surface area contributed by atoms with E-state index < -0.39 is 0 Å². The molecule has 0 aliphatic carbocycles. The third-order valence-corrected chi connectivity index (χ3v) is 4.21. The average molecular weight is 334 g/mol. The smallest absolute Gasteiger partial charge is 0.255 e. The standard InChI is InChI=1S/C21H22N2O2/c1-21(2,3)15-7-5-14(6-8-15)20(24)23-19-11-12-22-18-10-9-16(25-4)13-17(18)19/h5-13H,1-4H3,(H,22,23,24). The number of aromatic nitrogens is 1. The zero-order valence-electron chi connectivity index (χ0n) is 15.0. The van der Waals surface area contributed by atoms with Crippen LogP contribution in [0.5, 0.6) is 5.75 Å². The van der Waals surface area contributed by atoms with Crippen LogP contribution < -0.4 is 10.1 Å². The summed E-state index contributed by atoms with van der Waals surface area (Å²) in [6, 6.07) is 15.1. The Labute approximate surface area is 147 Å². The van der Waals surface area contributed by atoms with Crippen LogP contribution in [0.3, 0.4) is 0 Å². The highest BCUT2D eigenvalue weighted by atomic mass is 16.5. The SMILES string of the molecule is COc1ccc2nccc(NC(=O)c3ccc(C(C)(C)C)cc3)c2c1. The Bertz CT molecular complexity index is 909. The van der Waals surface area contributed by atoms with Gasteiger partial charge in [-0.05, 0) is 47.4 Å². The first-order valence-corrected chi connectivity index (χ1v) is 8.23. The van der Waals surface area contributed by atoms with Crippen molar-refractivity contribution in [2.24, 2.45) is 0 Å². The summed E-state index contributed by atoms with van der Waals surface area (Å²) in [5.41, 5.74) is 3.41. The second kappa shape index (κ2) is 6.55. The molecule has 128 valence electrons. The Balaban J connectivity index is 1.89. The second-order valence-electron chi connectivity index (χ2n) is 7.02. The van der Waals surface area contributed by atoms with Crippen LogP contribution >= 0.6 is 0 Å². The topological polar surface area (TPSA) is 51.2 Å². The number of ether oxygens (including phenoxy) is 1. The monoisotopic (exact) mass is 334 g/mol. The number of hydrogen-bond donors (Lipinski definition) is 1. The fourth-order valence-electron chi connectivity index (χ4n) is 2.68. The van der Waals surface area contributed by atoms with E-state index in [0.717, 1.165) is 16.7 Å². The van der Waals surface area contributed by atoms with Gasteiger partial charge in [-0.1, -0.05) is 32.9 Å². The zero-order chi connectivity index (χ0) is 18.0. The van der Waals surface area contributed by atoms with Gasteiger partial charge in [0.2, 0.25) is 0 Å². The molecule has 2 aromatic carbocycles. The summed E-state index contributed by atoms with van der Waals surface area (Å²) in [5.74, 6) is 0.585. The Hall–Kier alpha value is -2.88.